The van der Waals surface area contributed by atoms with E-state index in [0.717, 1.165) is 6.54 Å². The Labute approximate surface area is 101 Å². The lowest BCUT2D eigenvalue weighted by Gasteiger charge is -2.34. The van der Waals surface area contributed by atoms with Crippen molar-refractivity contribution in [2.24, 2.45) is 0 Å². The van der Waals surface area contributed by atoms with Crippen LogP contribution in [0.3, 0.4) is 0 Å². The number of hydrogen-bond donors (Lipinski definition) is 1. The molecule has 1 atom stereocenters. The number of benzene rings is 1. The van der Waals surface area contributed by atoms with Crippen molar-refractivity contribution < 1.29 is 8.78 Å². The number of hydrogen-bond acceptors (Lipinski definition) is 2. The number of piperazine rings is 1. The quantitative estimate of drug-likeness (QED) is 0.870. The van der Waals surface area contributed by atoms with Crippen LogP contribution in [0.15, 0.2) is 30.3 Å². The smallest absolute Gasteiger partial charge is 0.285 e. The minimum atomic E-state index is -2.77. The maximum absolute atomic E-state index is 14.0. The Balaban J connectivity index is 2.01. The van der Waals surface area contributed by atoms with Crippen LogP contribution in [0.1, 0.15) is 12.5 Å². The molecule has 0 unspecified atom stereocenters. The first-order valence-electron chi connectivity index (χ1n) is 5.97. The lowest BCUT2D eigenvalue weighted by Crippen LogP contribution is -2.51. The van der Waals surface area contributed by atoms with Gasteiger partial charge in [-0.25, -0.2) is 0 Å². The summed E-state index contributed by atoms with van der Waals surface area (Å²) in [6.45, 7) is 3.98. The zero-order valence-electron chi connectivity index (χ0n) is 10.00. The van der Waals surface area contributed by atoms with Gasteiger partial charge in [-0.1, -0.05) is 30.3 Å². The molecule has 2 nitrogen and oxygen atoms in total. The van der Waals surface area contributed by atoms with E-state index in [2.05, 4.69) is 5.32 Å². The van der Waals surface area contributed by atoms with E-state index in [9.17, 15) is 8.78 Å². The summed E-state index contributed by atoms with van der Waals surface area (Å²) in [7, 11) is 0. The topological polar surface area (TPSA) is 15.3 Å². The fraction of sp³-hybridized carbons (Fsp3) is 0.538. The summed E-state index contributed by atoms with van der Waals surface area (Å²) in [5.41, 5.74) is 0.103. The van der Waals surface area contributed by atoms with Crippen molar-refractivity contribution in [3.05, 3.63) is 35.9 Å². The molecule has 1 aliphatic heterocycles. The number of halogens is 2. The van der Waals surface area contributed by atoms with Crippen molar-refractivity contribution in [1.29, 1.82) is 0 Å². The largest absolute Gasteiger partial charge is 0.312 e. The van der Waals surface area contributed by atoms with Crippen molar-refractivity contribution >= 4 is 0 Å². The summed E-state index contributed by atoms with van der Waals surface area (Å²) in [5.74, 6) is -2.77. The molecule has 1 heterocycles. The molecule has 0 spiro atoms. The predicted molar refractivity (Wildman–Crippen MR) is 64.2 cm³/mol. The molecule has 0 aliphatic carbocycles. The van der Waals surface area contributed by atoms with Gasteiger partial charge in [0.2, 0.25) is 0 Å². The van der Waals surface area contributed by atoms with E-state index in [1.165, 1.54) is 12.1 Å². The highest BCUT2D eigenvalue weighted by Gasteiger charge is 2.34. The number of nitrogens with one attached hydrogen (secondary N) is 1. The molecule has 1 N–H and O–H groups in total. The minimum Gasteiger partial charge on any atom is -0.312 e. The molecule has 0 saturated carbocycles. The van der Waals surface area contributed by atoms with Gasteiger partial charge in [0.1, 0.15) is 0 Å². The standard InChI is InChI=1S/C13H18F2N2/c1-11-9-17(8-7-16-11)10-13(14,15)12-5-3-2-4-6-12/h2-6,11,16H,7-10H2,1H3/t11-/m1/s1. The fourth-order valence-corrected chi connectivity index (χ4v) is 2.21. The van der Waals surface area contributed by atoms with Crippen molar-refractivity contribution in [3.63, 3.8) is 0 Å². The van der Waals surface area contributed by atoms with Crippen LogP contribution in [0, 0.1) is 0 Å². The highest BCUT2D eigenvalue weighted by atomic mass is 19.3. The van der Waals surface area contributed by atoms with Crippen LogP contribution in [0.5, 0.6) is 0 Å². The maximum atomic E-state index is 14.0. The average molecular weight is 240 g/mol. The van der Waals surface area contributed by atoms with Gasteiger partial charge >= 0.3 is 0 Å². The third kappa shape index (κ3) is 3.23. The molecule has 0 bridgehead atoms. The van der Waals surface area contributed by atoms with Crippen LogP contribution < -0.4 is 5.32 Å². The second-order valence-corrected chi connectivity index (χ2v) is 4.66. The Hall–Kier alpha value is -1.00. The van der Waals surface area contributed by atoms with Crippen molar-refractivity contribution in [2.45, 2.75) is 18.9 Å². The number of rotatable bonds is 3. The van der Waals surface area contributed by atoms with Crippen molar-refractivity contribution in [2.75, 3.05) is 26.2 Å². The third-order valence-electron chi connectivity index (χ3n) is 3.07. The molecule has 94 valence electrons. The lowest BCUT2D eigenvalue weighted by atomic mass is 10.1. The Morgan fingerprint density at radius 2 is 2.06 bits per heavy atom. The lowest BCUT2D eigenvalue weighted by molar-refractivity contribution is -0.0427. The monoisotopic (exact) mass is 240 g/mol. The summed E-state index contributed by atoms with van der Waals surface area (Å²) < 4.78 is 28.0. The Kier molecular flexibility index (Phi) is 3.74. The molecular weight excluding hydrogens is 222 g/mol. The normalized spacial score (nSPS) is 22.6. The van der Waals surface area contributed by atoms with Gasteiger partial charge in [-0.3, -0.25) is 4.90 Å². The van der Waals surface area contributed by atoms with Crippen LogP contribution in [0.4, 0.5) is 8.78 Å². The highest BCUT2D eigenvalue weighted by Crippen LogP contribution is 2.28. The fourth-order valence-electron chi connectivity index (χ4n) is 2.21. The first kappa shape index (κ1) is 12.5. The van der Waals surface area contributed by atoms with E-state index in [-0.39, 0.29) is 18.2 Å². The molecule has 0 aromatic heterocycles. The zero-order chi connectivity index (χ0) is 12.3. The van der Waals surface area contributed by atoms with E-state index >= 15 is 0 Å². The van der Waals surface area contributed by atoms with Crippen LogP contribution in [0.2, 0.25) is 0 Å². The van der Waals surface area contributed by atoms with Crippen molar-refractivity contribution in [1.82, 2.24) is 10.2 Å². The van der Waals surface area contributed by atoms with Crippen LogP contribution in [0.25, 0.3) is 0 Å². The van der Waals surface area contributed by atoms with E-state index in [0.29, 0.717) is 13.1 Å². The Bertz CT molecular complexity index is 354. The molecule has 1 aromatic carbocycles. The number of alkyl halides is 2. The van der Waals surface area contributed by atoms with Gasteiger partial charge in [0, 0.05) is 31.2 Å². The Morgan fingerprint density at radius 3 is 2.71 bits per heavy atom. The summed E-state index contributed by atoms with van der Waals surface area (Å²) in [6.07, 6.45) is 0. The van der Waals surface area contributed by atoms with E-state index < -0.39 is 5.92 Å². The number of nitrogens with zero attached hydrogens (tertiary/aromatic N) is 1. The third-order valence-corrected chi connectivity index (χ3v) is 3.07. The highest BCUT2D eigenvalue weighted by molar-refractivity contribution is 5.20. The van der Waals surface area contributed by atoms with Gasteiger partial charge in [-0.15, -0.1) is 0 Å². The van der Waals surface area contributed by atoms with E-state index in [4.69, 9.17) is 0 Å². The van der Waals surface area contributed by atoms with Gasteiger partial charge in [0.05, 0.1) is 6.54 Å². The summed E-state index contributed by atoms with van der Waals surface area (Å²) in [6, 6.07) is 8.34. The summed E-state index contributed by atoms with van der Waals surface area (Å²) >= 11 is 0. The molecule has 17 heavy (non-hydrogen) atoms. The van der Waals surface area contributed by atoms with Gasteiger partial charge in [-0.2, -0.15) is 8.78 Å². The molecule has 1 aromatic rings. The van der Waals surface area contributed by atoms with Gasteiger partial charge < -0.3 is 5.32 Å². The summed E-state index contributed by atoms with van der Waals surface area (Å²) in [5, 5.41) is 3.25. The van der Waals surface area contributed by atoms with Gasteiger partial charge in [0.15, 0.2) is 0 Å². The van der Waals surface area contributed by atoms with Gasteiger partial charge in [0.25, 0.3) is 5.92 Å². The average Bonchev–Trinajstić information content (AvgIpc) is 2.29. The second kappa shape index (κ2) is 5.10. The Morgan fingerprint density at radius 1 is 1.35 bits per heavy atom. The molecule has 1 fully saturated rings. The molecular formula is C13H18F2N2. The van der Waals surface area contributed by atoms with Gasteiger partial charge in [-0.05, 0) is 6.92 Å². The summed E-state index contributed by atoms with van der Waals surface area (Å²) in [4.78, 5) is 1.83. The van der Waals surface area contributed by atoms with E-state index in [1.54, 1.807) is 18.2 Å². The zero-order valence-corrected chi connectivity index (χ0v) is 10.00. The van der Waals surface area contributed by atoms with Crippen LogP contribution in [-0.4, -0.2) is 37.1 Å². The minimum absolute atomic E-state index is 0.103. The molecule has 2 rings (SSSR count). The van der Waals surface area contributed by atoms with E-state index in [1.807, 2.05) is 11.8 Å². The van der Waals surface area contributed by atoms with Crippen LogP contribution in [-0.2, 0) is 5.92 Å². The molecule has 0 radical (unpaired) electrons. The SMILES string of the molecule is C[C@@H]1CN(CC(F)(F)c2ccccc2)CCN1. The maximum Gasteiger partial charge on any atom is 0.285 e. The van der Waals surface area contributed by atoms with Crippen molar-refractivity contribution in [3.8, 4) is 0 Å². The second-order valence-electron chi connectivity index (χ2n) is 4.66. The molecule has 4 heteroatoms. The molecule has 1 saturated heterocycles. The molecule has 1 aliphatic rings. The first-order valence-corrected chi connectivity index (χ1v) is 5.97. The molecule has 0 amide bonds. The predicted octanol–water partition coefficient (Wildman–Crippen LogP) is 2.07. The van der Waals surface area contributed by atoms with Crippen LogP contribution >= 0.6 is 0 Å². The first-order chi connectivity index (χ1) is 8.08.